The minimum atomic E-state index is 0.123. The number of anilines is 1. The van der Waals surface area contributed by atoms with Crippen LogP contribution in [0.5, 0.6) is 0 Å². The van der Waals surface area contributed by atoms with Gasteiger partial charge in [-0.05, 0) is 18.2 Å². The van der Waals surface area contributed by atoms with Gasteiger partial charge in [-0.3, -0.25) is 0 Å². The van der Waals surface area contributed by atoms with Crippen LogP contribution in [-0.4, -0.2) is 14.8 Å². The van der Waals surface area contributed by atoms with Crippen molar-refractivity contribution in [1.29, 1.82) is 5.26 Å². The van der Waals surface area contributed by atoms with E-state index in [1.165, 1.54) is 11.0 Å². The Morgan fingerprint density at radius 1 is 1.47 bits per heavy atom. The predicted octanol–water partition coefficient (Wildman–Crippen LogP) is 1.48. The zero-order valence-corrected chi connectivity index (χ0v) is 9.14. The first-order chi connectivity index (χ1) is 7.20. The summed E-state index contributed by atoms with van der Waals surface area (Å²) >= 11 is 3.31. The molecule has 2 rings (SSSR count). The van der Waals surface area contributed by atoms with Crippen molar-refractivity contribution < 1.29 is 0 Å². The highest BCUT2D eigenvalue weighted by Crippen LogP contribution is 2.21. The largest absolute Gasteiger partial charge is 0.397 e. The Hall–Kier alpha value is -1.87. The molecule has 0 amide bonds. The SMILES string of the molecule is N#Cc1ncn(-c2ccc(Br)cc2N)n1. The highest BCUT2D eigenvalue weighted by molar-refractivity contribution is 9.10. The molecule has 1 aromatic heterocycles. The molecule has 0 radical (unpaired) electrons. The Bertz CT molecular complexity index is 540. The van der Waals surface area contributed by atoms with Gasteiger partial charge in [0, 0.05) is 4.47 Å². The molecule has 0 unspecified atom stereocenters. The summed E-state index contributed by atoms with van der Waals surface area (Å²) in [5.74, 6) is 0.123. The van der Waals surface area contributed by atoms with Crippen LogP contribution in [0.2, 0.25) is 0 Å². The topological polar surface area (TPSA) is 80.5 Å². The van der Waals surface area contributed by atoms with E-state index in [0.29, 0.717) is 11.4 Å². The van der Waals surface area contributed by atoms with Crippen molar-refractivity contribution in [2.75, 3.05) is 5.73 Å². The molecule has 74 valence electrons. The summed E-state index contributed by atoms with van der Waals surface area (Å²) in [6.45, 7) is 0. The minimum absolute atomic E-state index is 0.123. The Balaban J connectivity index is 2.50. The quantitative estimate of drug-likeness (QED) is 0.791. The third-order valence-electron chi connectivity index (χ3n) is 1.83. The standard InChI is InChI=1S/C9H6BrN5/c10-6-1-2-8(7(12)3-6)15-5-13-9(4-11)14-15/h1-3,5H,12H2. The van der Waals surface area contributed by atoms with E-state index >= 15 is 0 Å². The van der Waals surface area contributed by atoms with Crippen LogP contribution in [0.25, 0.3) is 5.69 Å². The molecule has 0 aliphatic rings. The number of nitrogen functional groups attached to an aromatic ring is 1. The van der Waals surface area contributed by atoms with Gasteiger partial charge in [0.1, 0.15) is 12.4 Å². The van der Waals surface area contributed by atoms with Crippen LogP contribution in [0.3, 0.4) is 0 Å². The summed E-state index contributed by atoms with van der Waals surface area (Å²) in [6.07, 6.45) is 1.46. The van der Waals surface area contributed by atoms with Gasteiger partial charge in [0.05, 0.1) is 11.4 Å². The average Bonchev–Trinajstić information content (AvgIpc) is 2.66. The molecule has 1 heterocycles. The first-order valence-electron chi connectivity index (χ1n) is 4.08. The lowest BCUT2D eigenvalue weighted by atomic mass is 10.3. The van der Waals surface area contributed by atoms with Crippen LogP contribution in [0.1, 0.15) is 5.82 Å². The maximum absolute atomic E-state index is 8.58. The molecule has 0 saturated carbocycles. The number of rotatable bonds is 1. The molecule has 6 heteroatoms. The van der Waals surface area contributed by atoms with Crippen molar-refractivity contribution in [1.82, 2.24) is 14.8 Å². The monoisotopic (exact) mass is 263 g/mol. The fourth-order valence-corrected chi connectivity index (χ4v) is 1.54. The van der Waals surface area contributed by atoms with E-state index in [0.717, 1.165) is 4.47 Å². The molecule has 0 fully saturated rings. The highest BCUT2D eigenvalue weighted by atomic mass is 79.9. The van der Waals surface area contributed by atoms with Gasteiger partial charge in [-0.2, -0.15) is 5.26 Å². The van der Waals surface area contributed by atoms with E-state index < -0.39 is 0 Å². The predicted molar refractivity (Wildman–Crippen MR) is 58.2 cm³/mol. The molecule has 0 spiro atoms. The number of hydrogen-bond acceptors (Lipinski definition) is 4. The maximum Gasteiger partial charge on any atom is 0.252 e. The Labute approximate surface area is 94.3 Å². The van der Waals surface area contributed by atoms with E-state index in [1.54, 1.807) is 12.1 Å². The molecule has 1 aromatic carbocycles. The van der Waals surface area contributed by atoms with Crippen LogP contribution < -0.4 is 5.73 Å². The molecular weight excluding hydrogens is 258 g/mol. The van der Waals surface area contributed by atoms with Gasteiger partial charge in [-0.25, -0.2) is 9.67 Å². The Kier molecular flexibility index (Phi) is 2.39. The van der Waals surface area contributed by atoms with Gasteiger partial charge in [0.15, 0.2) is 0 Å². The summed E-state index contributed by atoms with van der Waals surface area (Å²) in [5, 5.41) is 12.5. The molecule has 0 saturated heterocycles. The van der Waals surface area contributed by atoms with Crippen molar-refractivity contribution in [3.8, 4) is 11.8 Å². The second-order valence-electron chi connectivity index (χ2n) is 2.83. The molecule has 0 bridgehead atoms. The highest BCUT2D eigenvalue weighted by Gasteiger charge is 2.05. The number of benzene rings is 1. The first kappa shape index (κ1) is 9.68. The number of aromatic nitrogens is 3. The van der Waals surface area contributed by atoms with Crippen molar-refractivity contribution in [2.24, 2.45) is 0 Å². The fraction of sp³-hybridized carbons (Fsp3) is 0. The second-order valence-corrected chi connectivity index (χ2v) is 3.74. The van der Waals surface area contributed by atoms with Crippen molar-refractivity contribution in [3.63, 3.8) is 0 Å². The summed E-state index contributed by atoms with van der Waals surface area (Å²) in [4.78, 5) is 3.80. The number of nitriles is 1. The lowest BCUT2D eigenvalue weighted by molar-refractivity contribution is 0.875. The summed E-state index contributed by atoms with van der Waals surface area (Å²) in [6, 6.07) is 7.27. The van der Waals surface area contributed by atoms with Crippen LogP contribution in [0.4, 0.5) is 5.69 Å². The van der Waals surface area contributed by atoms with Gasteiger partial charge >= 0.3 is 0 Å². The number of nitrogens with zero attached hydrogens (tertiary/aromatic N) is 4. The summed E-state index contributed by atoms with van der Waals surface area (Å²) in [5.41, 5.74) is 7.07. The van der Waals surface area contributed by atoms with E-state index in [-0.39, 0.29) is 5.82 Å². The van der Waals surface area contributed by atoms with Gasteiger partial charge < -0.3 is 5.73 Å². The van der Waals surface area contributed by atoms with E-state index in [9.17, 15) is 0 Å². The molecule has 0 atom stereocenters. The van der Waals surface area contributed by atoms with Crippen LogP contribution in [-0.2, 0) is 0 Å². The first-order valence-corrected chi connectivity index (χ1v) is 4.87. The third-order valence-corrected chi connectivity index (χ3v) is 2.32. The van der Waals surface area contributed by atoms with Crippen LogP contribution >= 0.6 is 15.9 Å². The van der Waals surface area contributed by atoms with Crippen molar-refractivity contribution >= 4 is 21.6 Å². The molecule has 15 heavy (non-hydrogen) atoms. The van der Waals surface area contributed by atoms with Gasteiger partial charge in [0.25, 0.3) is 5.82 Å². The Morgan fingerprint density at radius 2 is 2.27 bits per heavy atom. The summed E-state index contributed by atoms with van der Waals surface area (Å²) in [7, 11) is 0. The lowest BCUT2D eigenvalue weighted by Crippen LogP contribution is -2.00. The average molecular weight is 264 g/mol. The van der Waals surface area contributed by atoms with Crippen molar-refractivity contribution in [3.05, 3.63) is 34.8 Å². The van der Waals surface area contributed by atoms with Crippen LogP contribution in [0.15, 0.2) is 29.0 Å². The fourth-order valence-electron chi connectivity index (χ4n) is 1.16. The van der Waals surface area contributed by atoms with Gasteiger partial charge in [0.2, 0.25) is 0 Å². The molecule has 5 nitrogen and oxygen atoms in total. The van der Waals surface area contributed by atoms with E-state index in [4.69, 9.17) is 11.0 Å². The van der Waals surface area contributed by atoms with E-state index in [1.807, 2.05) is 12.1 Å². The lowest BCUT2D eigenvalue weighted by Gasteiger charge is -2.04. The molecular formula is C9H6BrN5. The second kappa shape index (κ2) is 3.71. The van der Waals surface area contributed by atoms with E-state index in [2.05, 4.69) is 26.0 Å². The Morgan fingerprint density at radius 3 is 2.87 bits per heavy atom. The van der Waals surface area contributed by atoms with Gasteiger partial charge in [-0.1, -0.05) is 15.9 Å². The minimum Gasteiger partial charge on any atom is -0.397 e. The smallest absolute Gasteiger partial charge is 0.252 e. The number of halogens is 1. The summed E-state index contributed by atoms with van der Waals surface area (Å²) < 4.78 is 2.37. The van der Waals surface area contributed by atoms with Crippen molar-refractivity contribution in [2.45, 2.75) is 0 Å². The van der Waals surface area contributed by atoms with Crippen LogP contribution in [0, 0.1) is 11.3 Å². The normalized spacial score (nSPS) is 9.87. The number of hydrogen-bond donors (Lipinski definition) is 1. The molecule has 2 aromatic rings. The maximum atomic E-state index is 8.58. The molecule has 0 aliphatic heterocycles. The molecule has 0 aliphatic carbocycles. The zero-order chi connectivity index (χ0) is 10.8. The van der Waals surface area contributed by atoms with Gasteiger partial charge in [-0.15, -0.1) is 5.10 Å². The number of nitrogens with two attached hydrogens (primary N) is 1. The third kappa shape index (κ3) is 1.82. The zero-order valence-electron chi connectivity index (χ0n) is 7.55. The molecule has 2 N–H and O–H groups in total.